The molecule has 0 saturated carbocycles. The van der Waals surface area contributed by atoms with Crippen molar-refractivity contribution in [1.29, 1.82) is 0 Å². The first-order chi connectivity index (χ1) is 16.9. The van der Waals surface area contributed by atoms with Gasteiger partial charge in [0, 0.05) is 12.2 Å². The van der Waals surface area contributed by atoms with Crippen molar-refractivity contribution in [3.05, 3.63) is 12.2 Å². The van der Waals surface area contributed by atoms with Crippen molar-refractivity contribution >= 4 is 73.0 Å². The Morgan fingerprint density at radius 1 is 0.889 bits per heavy atom. The van der Waals surface area contributed by atoms with E-state index >= 15 is 0 Å². The van der Waals surface area contributed by atoms with E-state index in [1.807, 2.05) is 0 Å². The first-order valence-corrected chi connectivity index (χ1v) is 13.2. The van der Waals surface area contributed by atoms with Gasteiger partial charge in [-0.1, -0.05) is 0 Å². The summed E-state index contributed by atoms with van der Waals surface area (Å²) in [4.78, 5) is 94.0. The van der Waals surface area contributed by atoms with Crippen LogP contribution in [0.25, 0.3) is 0 Å². The number of primary amides is 1. The molecule has 8 amide bonds. The summed E-state index contributed by atoms with van der Waals surface area (Å²) in [6, 6.07) is -0.927. The molecular formula is C19H26N7O9Pb. The molecule has 1 heterocycles. The number of nitrogens with two attached hydrogens (primary N) is 1. The number of amides is 8. The van der Waals surface area contributed by atoms with E-state index < -0.39 is 85.6 Å². The number of nitrogens with one attached hydrogen (secondary N) is 5. The molecule has 0 bridgehead atoms. The summed E-state index contributed by atoms with van der Waals surface area (Å²) < 4.78 is 5.28. The number of nitrogens with zero attached hydrogens (tertiary/aromatic N) is 1. The Morgan fingerprint density at radius 2 is 1.42 bits per heavy atom. The molecule has 0 aliphatic carbocycles. The molecule has 36 heavy (non-hydrogen) atoms. The van der Waals surface area contributed by atoms with Crippen molar-refractivity contribution in [2.45, 2.75) is 23.0 Å². The molecule has 0 spiro atoms. The van der Waals surface area contributed by atoms with Gasteiger partial charge in [0.25, 0.3) is 11.8 Å². The van der Waals surface area contributed by atoms with Crippen LogP contribution in [0.4, 0.5) is 0 Å². The minimum atomic E-state index is -0.927. The van der Waals surface area contributed by atoms with Crippen LogP contribution in [-0.2, 0) is 43.1 Å². The van der Waals surface area contributed by atoms with Gasteiger partial charge >= 0.3 is 188 Å². The maximum atomic E-state index is 12.2. The third-order valence-electron chi connectivity index (χ3n) is 4.38. The summed E-state index contributed by atoms with van der Waals surface area (Å²) in [5.74, 6) is -5.32. The molecule has 0 aromatic heterocycles. The van der Waals surface area contributed by atoms with Gasteiger partial charge in [0.1, 0.15) is 0 Å². The van der Waals surface area contributed by atoms with Crippen LogP contribution in [0.1, 0.15) is 6.92 Å². The third kappa shape index (κ3) is 11.3. The number of ether oxygens (including phenoxy) is 1. The van der Waals surface area contributed by atoms with Crippen molar-refractivity contribution in [1.82, 2.24) is 31.5 Å². The molecule has 0 saturated heterocycles. The Balaban J connectivity index is 2.28. The van der Waals surface area contributed by atoms with E-state index in [-0.39, 0.29) is 6.73 Å². The van der Waals surface area contributed by atoms with Crippen LogP contribution >= 0.6 is 0 Å². The van der Waals surface area contributed by atoms with Crippen molar-refractivity contribution < 1.29 is 43.1 Å². The molecule has 2 atom stereocenters. The van der Waals surface area contributed by atoms with Crippen LogP contribution in [0.2, 0.25) is 3.98 Å². The van der Waals surface area contributed by atoms with Gasteiger partial charge in [-0.25, -0.2) is 0 Å². The van der Waals surface area contributed by atoms with Gasteiger partial charge in [-0.3, -0.25) is 9.59 Å². The van der Waals surface area contributed by atoms with Gasteiger partial charge in [-0.2, -0.15) is 0 Å². The van der Waals surface area contributed by atoms with E-state index in [0.29, 0.717) is 34.6 Å². The summed E-state index contributed by atoms with van der Waals surface area (Å²) in [5, 5.41) is 11.6. The molecule has 7 N–H and O–H groups in total. The Labute approximate surface area is 221 Å². The molecule has 16 nitrogen and oxygen atoms in total. The fourth-order valence-electron chi connectivity index (χ4n) is 2.34. The maximum absolute atomic E-state index is 12.2. The van der Waals surface area contributed by atoms with E-state index in [1.165, 1.54) is 6.92 Å². The predicted molar refractivity (Wildman–Crippen MR) is 120 cm³/mol. The molecular weight excluding hydrogens is 677 g/mol. The zero-order chi connectivity index (χ0) is 27.3. The average Bonchev–Trinajstić information content (AvgIpc) is 3.14. The van der Waals surface area contributed by atoms with Gasteiger partial charge in [0.2, 0.25) is 0 Å². The Hall–Kier alpha value is -3.42. The first kappa shape index (κ1) is 30.6. The number of hydrogen-bond donors (Lipinski definition) is 6. The number of carbonyl (C=O) groups excluding carboxylic acids is 8. The second-order valence-electron chi connectivity index (χ2n) is 7.15. The zero-order valence-corrected chi connectivity index (χ0v) is 23.1. The predicted octanol–water partition coefficient (Wildman–Crippen LogP) is -5.70. The van der Waals surface area contributed by atoms with Gasteiger partial charge in [-0.05, 0) is 0 Å². The normalized spacial score (nSPS) is 14.0. The van der Waals surface area contributed by atoms with Crippen molar-refractivity contribution in [2.75, 3.05) is 32.9 Å². The van der Waals surface area contributed by atoms with E-state index in [9.17, 15) is 38.4 Å². The molecule has 195 valence electrons. The van der Waals surface area contributed by atoms with Crippen LogP contribution in [0, 0.1) is 0 Å². The summed E-state index contributed by atoms with van der Waals surface area (Å²) >= 11 is 0.545. The number of imide groups is 1. The van der Waals surface area contributed by atoms with Crippen LogP contribution in [-0.4, -0.2) is 123 Å². The molecule has 2 unspecified atom stereocenters. The van der Waals surface area contributed by atoms with Crippen molar-refractivity contribution in [2.24, 2.45) is 5.73 Å². The molecule has 1 aliphatic heterocycles. The summed E-state index contributed by atoms with van der Waals surface area (Å²) in [6.45, 7) is -0.811. The fourth-order valence-corrected chi connectivity index (χ4v) is 3.46. The molecule has 17 heteroatoms. The van der Waals surface area contributed by atoms with E-state index in [1.54, 1.807) is 0 Å². The molecule has 1 aliphatic rings. The quantitative estimate of drug-likeness (QED) is 0.0541. The fraction of sp³-hybridized carbons (Fsp3) is 0.474. The van der Waals surface area contributed by atoms with E-state index in [2.05, 4.69) is 26.6 Å². The van der Waals surface area contributed by atoms with Crippen LogP contribution in [0.5, 0.6) is 0 Å². The van der Waals surface area contributed by atoms with E-state index in [0.717, 1.165) is 12.2 Å². The number of rotatable bonds is 15. The molecule has 3 radical (unpaired) electrons. The standard InChI is InChI=1S/C19H26N7O9.Pb/c1-10(19(34)23-6-13(28)24-9-35-11(2)18(20)33)25-14(29)7-21-12(27)5-22-15(30)8-26-16(31)3-4-17(26)32;/h3-4,10-11H,1,5-9H2,2H3,(H2,20,33)(H,21,27)(H,22,30)(H,23,34)(H,24,28)(H,25,29);. The van der Waals surface area contributed by atoms with Gasteiger partial charge in [0.15, 0.2) is 0 Å². The second kappa shape index (κ2) is 15.6. The number of hydrogen-bond acceptors (Lipinski definition) is 9. The van der Waals surface area contributed by atoms with Crippen molar-refractivity contribution in [3.63, 3.8) is 0 Å². The zero-order valence-electron chi connectivity index (χ0n) is 19.3. The van der Waals surface area contributed by atoms with Crippen molar-refractivity contribution in [3.8, 4) is 0 Å². The average molecular weight is 704 g/mol. The number of carbonyl (C=O) groups is 8. The molecule has 0 fully saturated rings. The Morgan fingerprint density at radius 3 is 2.00 bits per heavy atom. The minimum absolute atomic E-state index is 0.286. The van der Waals surface area contributed by atoms with Crippen LogP contribution in [0.15, 0.2) is 12.2 Å². The second-order valence-corrected chi connectivity index (χ2v) is 8.73. The summed E-state index contributed by atoms with van der Waals surface area (Å²) in [6.07, 6.45) is 1.14. The molecule has 0 aromatic rings. The van der Waals surface area contributed by atoms with Crippen LogP contribution in [0.3, 0.4) is 0 Å². The van der Waals surface area contributed by atoms with E-state index in [4.69, 9.17) is 10.5 Å². The third-order valence-corrected chi connectivity index (χ3v) is 5.96. The first-order valence-electron chi connectivity index (χ1n) is 10.4. The summed E-state index contributed by atoms with van der Waals surface area (Å²) in [5.41, 5.74) is 5.01. The molecule has 0 aromatic carbocycles. The van der Waals surface area contributed by atoms with Gasteiger partial charge < -0.3 is 0 Å². The summed E-state index contributed by atoms with van der Waals surface area (Å²) in [7, 11) is 0. The van der Waals surface area contributed by atoms with Crippen LogP contribution < -0.4 is 32.3 Å². The monoisotopic (exact) mass is 704 g/mol. The van der Waals surface area contributed by atoms with Gasteiger partial charge in [0.05, 0.1) is 0 Å². The Bertz CT molecular complexity index is 922. The van der Waals surface area contributed by atoms with Gasteiger partial charge in [-0.15, -0.1) is 0 Å². The SMILES string of the molecule is CC(OCNC(=O)CNC(=O)C([CH2][Pb])NC(=O)CNC(=O)CNC(=O)CN1C(=O)C=CC1=O)C(N)=O. The Kier molecular flexibility index (Phi) is 13.2. The molecule has 1 rings (SSSR count). The topological polar surface area (TPSA) is 235 Å².